The highest BCUT2D eigenvalue weighted by Crippen LogP contribution is 2.69. The summed E-state index contributed by atoms with van der Waals surface area (Å²) in [4.78, 5) is 0. The van der Waals surface area contributed by atoms with Crippen LogP contribution in [0, 0.1) is 52.3 Å². The van der Waals surface area contributed by atoms with Crippen LogP contribution >= 0.6 is 0 Å². The number of aliphatic hydroxyl groups is 2. The summed E-state index contributed by atoms with van der Waals surface area (Å²) < 4.78 is 0. The largest absolute Gasteiger partial charge is 0.396 e. The Hall–Kier alpha value is -0.0800. The fraction of sp³-hybridized carbons (Fsp3) is 1.00. The summed E-state index contributed by atoms with van der Waals surface area (Å²) in [6.07, 6.45) is 14.2. The second-order valence-corrected chi connectivity index (χ2v) is 11.8. The fourth-order valence-electron chi connectivity index (χ4n) is 9.63. The Labute approximate surface area is 173 Å². The van der Waals surface area contributed by atoms with Crippen molar-refractivity contribution in [2.75, 3.05) is 6.61 Å². The first-order valence-corrected chi connectivity index (χ1v) is 12.7. The van der Waals surface area contributed by atoms with Gasteiger partial charge in [0, 0.05) is 6.61 Å². The van der Waals surface area contributed by atoms with Gasteiger partial charge in [0.1, 0.15) is 0 Å². The minimum atomic E-state index is -0.0673. The molecule has 0 amide bonds. The zero-order valence-electron chi connectivity index (χ0n) is 19.0. The van der Waals surface area contributed by atoms with Gasteiger partial charge in [-0.05, 0) is 104 Å². The Balaban J connectivity index is 1.63. The normalized spacial score (nSPS) is 51.9. The van der Waals surface area contributed by atoms with Crippen LogP contribution in [0.5, 0.6) is 0 Å². The van der Waals surface area contributed by atoms with Crippen LogP contribution < -0.4 is 0 Å². The lowest BCUT2D eigenvalue weighted by atomic mass is 9.41. The number of hydrogen-bond donors (Lipinski definition) is 2. The predicted octanol–water partition coefficient (Wildman–Crippen LogP) is 6.05. The lowest BCUT2D eigenvalue weighted by Gasteiger charge is -2.64. The molecule has 0 spiro atoms. The summed E-state index contributed by atoms with van der Waals surface area (Å²) in [7, 11) is 0. The molecule has 0 aromatic heterocycles. The SMILES string of the molecule is CC[C@H]1[C@H](O)[C@@H]2[C@H](CC[C@]3(C)[C@@H]([C@H](C)CCCO)CC[C@@H]23)[C@@]2(C)CCCC[C@@H]12. The zero-order valence-corrected chi connectivity index (χ0v) is 19.0. The monoisotopic (exact) mass is 390 g/mol. The summed E-state index contributed by atoms with van der Waals surface area (Å²) in [5.74, 6) is 4.79. The zero-order chi connectivity index (χ0) is 20.1. The van der Waals surface area contributed by atoms with Gasteiger partial charge < -0.3 is 10.2 Å². The van der Waals surface area contributed by atoms with Crippen molar-refractivity contribution < 1.29 is 10.2 Å². The molecule has 0 saturated heterocycles. The van der Waals surface area contributed by atoms with E-state index in [1.54, 1.807) is 0 Å². The maximum Gasteiger partial charge on any atom is 0.0605 e. The molecule has 4 aliphatic carbocycles. The van der Waals surface area contributed by atoms with Crippen molar-refractivity contribution in [3.8, 4) is 0 Å². The maximum atomic E-state index is 11.7. The van der Waals surface area contributed by atoms with Crippen LogP contribution in [-0.2, 0) is 0 Å². The summed E-state index contributed by atoms with van der Waals surface area (Å²) in [5.41, 5.74) is 0.887. The molecule has 2 nitrogen and oxygen atoms in total. The third-order valence-corrected chi connectivity index (χ3v) is 10.9. The molecule has 4 rings (SSSR count). The van der Waals surface area contributed by atoms with E-state index >= 15 is 0 Å². The molecule has 10 atom stereocenters. The van der Waals surface area contributed by atoms with Crippen molar-refractivity contribution in [3.05, 3.63) is 0 Å². The third-order valence-electron chi connectivity index (χ3n) is 10.9. The molecule has 4 aliphatic rings. The van der Waals surface area contributed by atoms with E-state index in [0.717, 1.165) is 42.9 Å². The second-order valence-electron chi connectivity index (χ2n) is 11.8. The van der Waals surface area contributed by atoms with E-state index in [-0.39, 0.29) is 6.10 Å². The van der Waals surface area contributed by atoms with Crippen LogP contribution in [0.2, 0.25) is 0 Å². The molecule has 2 N–H and O–H groups in total. The number of hydrogen-bond acceptors (Lipinski definition) is 2. The van der Waals surface area contributed by atoms with Gasteiger partial charge in [0.05, 0.1) is 6.10 Å². The first-order chi connectivity index (χ1) is 13.4. The van der Waals surface area contributed by atoms with Gasteiger partial charge in [0.25, 0.3) is 0 Å². The number of rotatable bonds is 5. The first-order valence-electron chi connectivity index (χ1n) is 12.7. The molecule has 0 aliphatic heterocycles. The topological polar surface area (TPSA) is 40.5 Å². The molecule has 0 aromatic rings. The molecule has 162 valence electrons. The quantitative estimate of drug-likeness (QED) is 0.600. The van der Waals surface area contributed by atoms with E-state index in [1.807, 2.05) is 0 Å². The summed E-state index contributed by atoms with van der Waals surface area (Å²) >= 11 is 0. The molecule has 0 heterocycles. The van der Waals surface area contributed by atoms with Gasteiger partial charge in [-0.15, -0.1) is 0 Å². The van der Waals surface area contributed by atoms with Crippen LogP contribution in [-0.4, -0.2) is 22.9 Å². The molecule has 0 aromatic carbocycles. The van der Waals surface area contributed by atoms with Gasteiger partial charge in [-0.25, -0.2) is 0 Å². The third kappa shape index (κ3) is 3.03. The van der Waals surface area contributed by atoms with Crippen molar-refractivity contribution in [3.63, 3.8) is 0 Å². The highest BCUT2D eigenvalue weighted by atomic mass is 16.3. The highest BCUT2D eigenvalue weighted by Gasteiger charge is 2.64. The van der Waals surface area contributed by atoms with E-state index in [0.29, 0.717) is 35.2 Å². The van der Waals surface area contributed by atoms with Crippen molar-refractivity contribution in [2.24, 2.45) is 52.3 Å². The average Bonchev–Trinajstić information content (AvgIpc) is 3.04. The molecule has 4 saturated carbocycles. The van der Waals surface area contributed by atoms with E-state index < -0.39 is 0 Å². The molecule has 4 fully saturated rings. The van der Waals surface area contributed by atoms with Gasteiger partial charge in [-0.3, -0.25) is 0 Å². The van der Waals surface area contributed by atoms with Crippen LogP contribution in [0.15, 0.2) is 0 Å². The minimum Gasteiger partial charge on any atom is -0.396 e. The predicted molar refractivity (Wildman–Crippen MR) is 116 cm³/mol. The molecule has 0 unspecified atom stereocenters. The average molecular weight is 391 g/mol. The number of fused-ring (bicyclic) bond motifs is 5. The second kappa shape index (κ2) is 7.88. The molecule has 0 radical (unpaired) electrons. The van der Waals surface area contributed by atoms with E-state index in [2.05, 4.69) is 27.7 Å². The molecule has 2 heteroatoms. The van der Waals surface area contributed by atoms with Crippen LogP contribution in [0.4, 0.5) is 0 Å². The van der Waals surface area contributed by atoms with E-state index in [9.17, 15) is 10.2 Å². The van der Waals surface area contributed by atoms with Crippen molar-refractivity contribution in [2.45, 2.75) is 104 Å². The van der Waals surface area contributed by atoms with Crippen molar-refractivity contribution >= 4 is 0 Å². The van der Waals surface area contributed by atoms with E-state index in [4.69, 9.17) is 0 Å². The Morgan fingerprint density at radius 1 is 0.929 bits per heavy atom. The molecular formula is C26H46O2. The Bertz CT molecular complexity index is 547. The van der Waals surface area contributed by atoms with Crippen LogP contribution in [0.1, 0.15) is 98.3 Å². The minimum absolute atomic E-state index is 0.0673. The lowest BCUT2D eigenvalue weighted by molar-refractivity contribution is -0.194. The van der Waals surface area contributed by atoms with Gasteiger partial charge in [-0.2, -0.15) is 0 Å². The lowest BCUT2D eigenvalue weighted by Crippen LogP contribution is -2.61. The Morgan fingerprint density at radius 2 is 1.68 bits per heavy atom. The summed E-state index contributed by atoms with van der Waals surface area (Å²) in [5, 5.41) is 21.0. The summed E-state index contributed by atoms with van der Waals surface area (Å²) in [6, 6.07) is 0. The van der Waals surface area contributed by atoms with Gasteiger partial charge in [-0.1, -0.05) is 47.0 Å². The van der Waals surface area contributed by atoms with Gasteiger partial charge in [0.15, 0.2) is 0 Å². The molecule has 28 heavy (non-hydrogen) atoms. The van der Waals surface area contributed by atoms with Crippen LogP contribution in [0.3, 0.4) is 0 Å². The molecular weight excluding hydrogens is 344 g/mol. The maximum absolute atomic E-state index is 11.7. The standard InChI is InChI=1S/C26H46O2/c1-5-18-20-10-6-7-14-25(20,3)22-13-15-26(4)19(17(2)9-8-16-27)11-12-21(26)23(22)24(18)28/h17-24,27-28H,5-16H2,1-4H3/t17-,18-,19-,20+,21+,22+,23+,24+,25+,26-/m1/s1. The Kier molecular flexibility index (Phi) is 5.95. The van der Waals surface area contributed by atoms with Crippen molar-refractivity contribution in [1.82, 2.24) is 0 Å². The molecule has 0 bridgehead atoms. The summed E-state index contributed by atoms with van der Waals surface area (Å²) in [6.45, 7) is 10.3. The van der Waals surface area contributed by atoms with Gasteiger partial charge >= 0.3 is 0 Å². The fourth-order valence-corrected chi connectivity index (χ4v) is 9.63. The number of aliphatic hydroxyl groups excluding tert-OH is 2. The first kappa shape index (κ1) is 21.2. The van der Waals surface area contributed by atoms with Crippen molar-refractivity contribution in [1.29, 1.82) is 0 Å². The highest BCUT2D eigenvalue weighted by molar-refractivity contribution is 5.13. The van der Waals surface area contributed by atoms with Crippen LogP contribution in [0.25, 0.3) is 0 Å². The van der Waals surface area contributed by atoms with E-state index in [1.165, 1.54) is 51.4 Å². The Morgan fingerprint density at radius 3 is 2.39 bits per heavy atom. The van der Waals surface area contributed by atoms with Gasteiger partial charge in [0.2, 0.25) is 0 Å². The smallest absolute Gasteiger partial charge is 0.0605 e.